The summed E-state index contributed by atoms with van der Waals surface area (Å²) in [4.78, 5) is 24.3. The van der Waals surface area contributed by atoms with Crippen LogP contribution in [-0.4, -0.2) is 45.8 Å². The molecule has 144 valence electrons. The minimum atomic E-state index is -3.97. The first-order chi connectivity index (χ1) is 12.7. The van der Waals surface area contributed by atoms with Gasteiger partial charge in [-0.3, -0.25) is 9.59 Å². The van der Waals surface area contributed by atoms with Crippen LogP contribution in [0.3, 0.4) is 0 Å². The van der Waals surface area contributed by atoms with Gasteiger partial charge in [0.2, 0.25) is 5.91 Å². The number of rotatable bonds is 8. The highest BCUT2D eigenvalue weighted by molar-refractivity contribution is 7.92. The number of halogens is 1. The van der Waals surface area contributed by atoms with Crippen molar-refractivity contribution in [2.45, 2.75) is 0 Å². The molecule has 7 nitrogen and oxygen atoms in total. The number of hydrogen-bond donors (Lipinski definition) is 1. The van der Waals surface area contributed by atoms with Crippen LogP contribution in [0.25, 0.3) is 0 Å². The lowest BCUT2D eigenvalue weighted by Gasteiger charge is -2.10. The van der Waals surface area contributed by atoms with E-state index in [1.807, 2.05) is 0 Å². The quantitative estimate of drug-likeness (QED) is 0.670. The molecule has 1 N–H and O–H groups in total. The molecule has 0 aliphatic heterocycles. The normalized spacial score (nSPS) is 10.9. The number of sulfone groups is 1. The van der Waals surface area contributed by atoms with Gasteiger partial charge in [-0.15, -0.1) is 0 Å². The average molecular weight is 412 g/mol. The molecule has 9 heteroatoms. The number of ketones is 1. The van der Waals surface area contributed by atoms with Crippen LogP contribution in [0, 0.1) is 0 Å². The number of methoxy groups -OCH3 is 2. The lowest BCUT2D eigenvalue weighted by molar-refractivity contribution is -0.113. The van der Waals surface area contributed by atoms with E-state index in [2.05, 4.69) is 5.32 Å². The summed E-state index contributed by atoms with van der Waals surface area (Å²) in [5.41, 5.74) is 0.503. The zero-order chi connectivity index (χ0) is 20.0. The number of anilines is 1. The Hall–Kier alpha value is -2.58. The topological polar surface area (TPSA) is 98.8 Å². The minimum Gasteiger partial charge on any atom is -0.497 e. The molecule has 0 heterocycles. The molecular formula is C18H18ClNO6S. The smallest absolute Gasteiger partial charge is 0.239 e. The summed E-state index contributed by atoms with van der Waals surface area (Å²) in [6.45, 7) is 0. The average Bonchev–Trinajstić information content (AvgIpc) is 2.62. The first kappa shape index (κ1) is 20.7. The Morgan fingerprint density at radius 2 is 1.67 bits per heavy atom. The molecule has 0 spiro atoms. The van der Waals surface area contributed by atoms with Gasteiger partial charge in [0.15, 0.2) is 15.6 Å². The number of carbonyl (C=O) groups is 2. The summed E-state index contributed by atoms with van der Waals surface area (Å²) in [6, 6.07) is 10.6. The fraction of sp³-hybridized carbons (Fsp3) is 0.222. The molecule has 0 saturated heterocycles. The highest BCUT2D eigenvalue weighted by atomic mass is 35.5. The molecule has 27 heavy (non-hydrogen) atoms. The molecule has 0 aromatic heterocycles. The fourth-order valence-electron chi connectivity index (χ4n) is 2.29. The Morgan fingerprint density at radius 3 is 2.26 bits per heavy atom. The summed E-state index contributed by atoms with van der Waals surface area (Å²) in [7, 11) is -1.15. The number of hydrogen-bond acceptors (Lipinski definition) is 6. The van der Waals surface area contributed by atoms with Gasteiger partial charge in [-0.1, -0.05) is 11.6 Å². The van der Waals surface area contributed by atoms with E-state index >= 15 is 0 Å². The molecule has 0 fully saturated rings. The number of amides is 1. The van der Waals surface area contributed by atoms with Crippen molar-refractivity contribution in [1.29, 1.82) is 0 Å². The third kappa shape index (κ3) is 5.97. The van der Waals surface area contributed by atoms with Crippen LogP contribution in [0.1, 0.15) is 10.4 Å². The summed E-state index contributed by atoms with van der Waals surface area (Å²) in [6.07, 6.45) is 0. The Morgan fingerprint density at radius 1 is 1.00 bits per heavy atom. The predicted molar refractivity (Wildman–Crippen MR) is 103 cm³/mol. The van der Waals surface area contributed by atoms with Crippen LogP contribution in [0.15, 0.2) is 42.5 Å². The number of Topliss-reactive ketones (excluding diaryl/α,β-unsaturated/α-hetero) is 1. The molecule has 0 bridgehead atoms. The Kier molecular flexibility index (Phi) is 6.81. The standard InChI is InChI=1S/C18H18ClNO6S/c1-25-14-7-8-15(17(9-14)26-2)16(21)10-27(23,24)11-18(22)20-13-5-3-12(19)4-6-13/h3-9H,10-11H2,1-2H3,(H,20,22). The molecule has 0 unspecified atom stereocenters. The molecule has 0 aliphatic carbocycles. The van der Waals surface area contributed by atoms with Crippen LogP contribution in [0.5, 0.6) is 11.5 Å². The van der Waals surface area contributed by atoms with Crippen LogP contribution in [0.4, 0.5) is 5.69 Å². The van der Waals surface area contributed by atoms with E-state index in [1.165, 1.54) is 32.4 Å². The van der Waals surface area contributed by atoms with E-state index in [0.717, 1.165) is 0 Å². The van der Waals surface area contributed by atoms with Crippen LogP contribution >= 0.6 is 11.6 Å². The van der Waals surface area contributed by atoms with Crippen molar-refractivity contribution in [3.05, 3.63) is 53.1 Å². The molecular weight excluding hydrogens is 394 g/mol. The summed E-state index contributed by atoms with van der Waals surface area (Å²) < 4.78 is 34.6. The number of ether oxygens (including phenoxy) is 2. The van der Waals surface area contributed by atoms with E-state index in [-0.39, 0.29) is 11.3 Å². The SMILES string of the molecule is COc1ccc(C(=O)CS(=O)(=O)CC(=O)Nc2ccc(Cl)cc2)c(OC)c1. The second-order valence-corrected chi connectivity index (χ2v) is 8.08. The summed E-state index contributed by atoms with van der Waals surface area (Å²) in [5.74, 6) is -2.39. The maximum atomic E-state index is 12.4. The first-order valence-electron chi connectivity index (χ1n) is 7.75. The van der Waals surface area contributed by atoms with E-state index in [9.17, 15) is 18.0 Å². The first-order valence-corrected chi connectivity index (χ1v) is 9.95. The number of carbonyl (C=O) groups excluding carboxylic acids is 2. The molecule has 0 aliphatic rings. The van der Waals surface area contributed by atoms with Gasteiger partial charge < -0.3 is 14.8 Å². The second kappa shape index (κ2) is 8.88. The zero-order valence-corrected chi connectivity index (χ0v) is 16.3. The van der Waals surface area contributed by atoms with Crippen molar-refractivity contribution in [3.63, 3.8) is 0 Å². The van der Waals surface area contributed by atoms with E-state index in [4.69, 9.17) is 21.1 Å². The van der Waals surface area contributed by atoms with E-state index in [0.29, 0.717) is 16.5 Å². The molecule has 2 rings (SSSR count). The Bertz CT molecular complexity index is 941. The van der Waals surface area contributed by atoms with E-state index < -0.39 is 33.0 Å². The maximum Gasteiger partial charge on any atom is 0.239 e. The number of benzene rings is 2. The second-order valence-electron chi connectivity index (χ2n) is 5.58. The van der Waals surface area contributed by atoms with Crippen molar-refractivity contribution >= 4 is 38.8 Å². The van der Waals surface area contributed by atoms with Crippen molar-refractivity contribution < 1.29 is 27.5 Å². The van der Waals surface area contributed by atoms with Gasteiger partial charge in [-0.2, -0.15) is 0 Å². The zero-order valence-electron chi connectivity index (χ0n) is 14.7. The Labute approximate surface area is 162 Å². The minimum absolute atomic E-state index is 0.0972. The van der Waals surface area contributed by atoms with Crippen molar-refractivity contribution in [3.8, 4) is 11.5 Å². The van der Waals surface area contributed by atoms with Gasteiger partial charge >= 0.3 is 0 Å². The van der Waals surface area contributed by atoms with Gasteiger partial charge in [-0.25, -0.2) is 8.42 Å². The maximum absolute atomic E-state index is 12.4. The lowest BCUT2D eigenvalue weighted by atomic mass is 10.1. The molecule has 2 aromatic rings. The van der Waals surface area contributed by atoms with Gasteiger partial charge in [0, 0.05) is 16.8 Å². The van der Waals surface area contributed by atoms with Gasteiger partial charge in [0.25, 0.3) is 0 Å². The van der Waals surface area contributed by atoms with Gasteiger partial charge in [-0.05, 0) is 36.4 Å². The van der Waals surface area contributed by atoms with Crippen molar-refractivity contribution in [2.24, 2.45) is 0 Å². The van der Waals surface area contributed by atoms with Crippen LogP contribution in [-0.2, 0) is 14.6 Å². The Balaban J connectivity index is 2.05. The van der Waals surface area contributed by atoms with Gasteiger partial charge in [0.05, 0.1) is 19.8 Å². The summed E-state index contributed by atoms with van der Waals surface area (Å²) in [5, 5.41) is 2.93. The third-order valence-electron chi connectivity index (χ3n) is 3.54. The third-order valence-corrected chi connectivity index (χ3v) is 5.20. The highest BCUT2D eigenvalue weighted by Gasteiger charge is 2.24. The number of nitrogens with one attached hydrogen (secondary N) is 1. The fourth-order valence-corrected chi connectivity index (χ4v) is 3.54. The molecule has 1 amide bonds. The molecule has 0 atom stereocenters. The highest BCUT2D eigenvalue weighted by Crippen LogP contribution is 2.25. The monoisotopic (exact) mass is 411 g/mol. The van der Waals surface area contributed by atoms with E-state index in [1.54, 1.807) is 24.3 Å². The van der Waals surface area contributed by atoms with Crippen molar-refractivity contribution in [2.75, 3.05) is 31.0 Å². The summed E-state index contributed by atoms with van der Waals surface area (Å²) >= 11 is 5.75. The lowest BCUT2D eigenvalue weighted by Crippen LogP contribution is -2.27. The molecule has 0 saturated carbocycles. The largest absolute Gasteiger partial charge is 0.497 e. The van der Waals surface area contributed by atoms with Gasteiger partial charge in [0.1, 0.15) is 23.0 Å². The predicted octanol–water partition coefficient (Wildman–Crippen LogP) is 2.59. The van der Waals surface area contributed by atoms with Crippen LogP contribution in [0.2, 0.25) is 5.02 Å². The van der Waals surface area contributed by atoms with Crippen LogP contribution < -0.4 is 14.8 Å². The molecule has 0 radical (unpaired) electrons. The van der Waals surface area contributed by atoms with Crippen molar-refractivity contribution in [1.82, 2.24) is 0 Å². The molecule has 2 aromatic carbocycles.